The van der Waals surface area contributed by atoms with Gasteiger partial charge in [0.1, 0.15) is 5.75 Å². The molecule has 0 spiro atoms. The van der Waals surface area contributed by atoms with E-state index in [2.05, 4.69) is 10.4 Å². The normalized spacial score (nSPS) is 10.4. The Balaban J connectivity index is 1.61. The summed E-state index contributed by atoms with van der Waals surface area (Å²) < 4.78 is 7.19. The highest BCUT2D eigenvalue weighted by Crippen LogP contribution is 2.18. The summed E-state index contributed by atoms with van der Waals surface area (Å²) in [6.07, 6.45) is 3.29. The van der Waals surface area contributed by atoms with Gasteiger partial charge in [0.2, 0.25) is 0 Å². The van der Waals surface area contributed by atoms with Crippen LogP contribution in [0.4, 0.5) is 5.69 Å². The zero-order valence-electron chi connectivity index (χ0n) is 13.1. The van der Waals surface area contributed by atoms with Gasteiger partial charge in [-0.3, -0.25) is 4.79 Å². The van der Waals surface area contributed by atoms with Gasteiger partial charge in [-0.1, -0.05) is 35.9 Å². The van der Waals surface area contributed by atoms with Crippen molar-refractivity contribution in [3.8, 4) is 5.75 Å². The SMILES string of the molecule is Cc1ccccc1C(=O)Nc1cnn(COc2cccc(Cl)c2)c1. The number of nitrogens with one attached hydrogen (secondary N) is 1. The van der Waals surface area contributed by atoms with Crippen LogP contribution in [0.1, 0.15) is 15.9 Å². The summed E-state index contributed by atoms with van der Waals surface area (Å²) >= 11 is 5.91. The molecule has 0 saturated heterocycles. The molecule has 1 heterocycles. The molecule has 0 aliphatic rings. The van der Waals surface area contributed by atoms with Gasteiger partial charge in [-0.05, 0) is 36.8 Å². The second-order valence-corrected chi connectivity index (χ2v) is 5.70. The van der Waals surface area contributed by atoms with Crippen LogP contribution in [-0.4, -0.2) is 15.7 Å². The fraction of sp³-hybridized carbons (Fsp3) is 0.111. The van der Waals surface area contributed by atoms with Crippen molar-refractivity contribution in [2.45, 2.75) is 13.7 Å². The zero-order valence-corrected chi connectivity index (χ0v) is 13.8. The standard InChI is InChI=1S/C18H16ClN3O2/c1-13-5-2-3-8-17(13)18(23)21-15-10-20-22(11-15)12-24-16-7-4-6-14(19)9-16/h2-11H,12H2,1H3,(H,21,23). The zero-order chi connectivity index (χ0) is 16.9. The highest BCUT2D eigenvalue weighted by Gasteiger charge is 2.09. The number of nitrogens with zero attached hydrogens (tertiary/aromatic N) is 2. The molecule has 3 aromatic rings. The van der Waals surface area contributed by atoms with Gasteiger partial charge < -0.3 is 10.1 Å². The number of aromatic nitrogens is 2. The number of benzene rings is 2. The third-order valence-electron chi connectivity index (χ3n) is 3.44. The first-order valence-corrected chi connectivity index (χ1v) is 7.77. The molecule has 0 aliphatic carbocycles. The molecule has 5 nitrogen and oxygen atoms in total. The van der Waals surface area contributed by atoms with Gasteiger partial charge in [-0.15, -0.1) is 0 Å². The van der Waals surface area contributed by atoms with Crippen LogP contribution >= 0.6 is 11.6 Å². The van der Waals surface area contributed by atoms with Gasteiger partial charge in [0.25, 0.3) is 5.91 Å². The number of aryl methyl sites for hydroxylation is 1. The van der Waals surface area contributed by atoms with Crippen LogP contribution in [0, 0.1) is 6.92 Å². The molecule has 0 fully saturated rings. The van der Waals surface area contributed by atoms with E-state index in [0.29, 0.717) is 22.0 Å². The quantitative estimate of drug-likeness (QED) is 0.759. The summed E-state index contributed by atoms with van der Waals surface area (Å²) in [6, 6.07) is 14.6. The predicted octanol–water partition coefficient (Wildman–Crippen LogP) is 4.13. The molecule has 1 aromatic heterocycles. The summed E-state index contributed by atoms with van der Waals surface area (Å²) in [7, 11) is 0. The molecule has 0 unspecified atom stereocenters. The Morgan fingerprint density at radius 2 is 2.08 bits per heavy atom. The van der Waals surface area contributed by atoms with Crippen LogP contribution in [0.2, 0.25) is 5.02 Å². The maximum absolute atomic E-state index is 12.3. The average Bonchev–Trinajstić information content (AvgIpc) is 3.01. The van der Waals surface area contributed by atoms with E-state index < -0.39 is 0 Å². The lowest BCUT2D eigenvalue weighted by molar-refractivity contribution is 0.102. The second kappa shape index (κ2) is 7.19. The van der Waals surface area contributed by atoms with Crippen molar-refractivity contribution in [2.24, 2.45) is 0 Å². The number of amides is 1. The Labute approximate surface area is 144 Å². The molecule has 24 heavy (non-hydrogen) atoms. The molecule has 0 aliphatic heterocycles. The van der Waals surface area contributed by atoms with Crippen molar-refractivity contribution in [1.29, 1.82) is 0 Å². The van der Waals surface area contributed by atoms with Gasteiger partial charge in [-0.25, -0.2) is 4.68 Å². The molecule has 2 aromatic carbocycles. The summed E-state index contributed by atoms with van der Waals surface area (Å²) in [5.41, 5.74) is 2.17. The first-order valence-electron chi connectivity index (χ1n) is 7.39. The number of halogens is 1. The Hall–Kier alpha value is -2.79. The Morgan fingerprint density at radius 3 is 2.88 bits per heavy atom. The average molecular weight is 342 g/mol. The van der Waals surface area contributed by atoms with Crippen LogP contribution < -0.4 is 10.1 Å². The molecule has 1 N–H and O–H groups in total. The van der Waals surface area contributed by atoms with Crippen LogP contribution in [0.5, 0.6) is 5.75 Å². The lowest BCUT2D eigenvalue weighted by Gasteiger charge is -2.06. The van der Waals surface area contributed by atoms with E-state index in [0.717, 1.165) is 5.56 Å². The fourth-order valence-electron chi connectivity index (χ4n) is 2.22. The molecule has 3 rings (SSSR count). The minimum atomic E-state index is -0.164. The Morgan fingerprint density at radius 1 is 1.25 bits per heavy atom. The predicted molar refractivity (Wildman–Crippen MR) is 93.4 cm³/mol. The van der Waals surface area contributed by atoms with Crippen LogP contribution in [-0.2, 0) is 6.73 Å². The van der Waals surface area contributed by atoms with Crippen molar-refractivity contribution < 1.29 is 9.53 Å². The highest BCUT2D eigenvalue weighted by molar-refractivity contribution is 6.30. The van der Waals surface area contributed by atoms with Crippen molar-refractivity contribution in [2.75, 3.05) is 5.32 Å². The van der Waals surface area contributed by atoms with Gasteiger partial charge >= 0.3 is 0 Å². The first kappa shape index (κ1) is 16.1. The second-order valence-electron chi connectivity index (χ2n) is 5.27. The Kier molecular flexibility index (Phi) is 4.82. The molecular weight excluding hydrogens is 326 g/mol. The molecule has 1 amide bonds. The number of rotatable bonds is 5. The molecular formula is C18H16ClN3O2. The maximum atomic E-state index is 12.3. The van der Waals surface area contributed by atoms with Gasteiger partial charge in [0, 0.05) is 10.6 Å². The van der Waals surface area contributed by atoms with E-state index in [4.69, 9.17) is 16.3 Å². The fourth-order valence-corrected chi connectivity index (χ4v) is 2.40. The lowest BCUT2D eigenvalue weighted by atomic mass is 10.1. The maximum Gasteiger partial charge on any atom is 0.256 e. The summed E-state index contributed by atoms with van der Waals surface area (Å²) in [5, 5.41) is 7.60. The Bertz CT molecular complexity index is 861. The van der Waals surface area contributed by atoms with E-state index in [-0.39, 0.29) is 12.6 Å². The number of carbonyl (C=O) groups is 1. The monoisotopic (exact) mass is 341 g/mol. The smallest absolute Gasteiger partial charge is 0.256 e. The van der Waals surface area contributed by atoms with Crippen LogP contribution in [0.25, 0.3) is 0 Å². The molecule has 6 heteroatoms. The van der Waals surface area contributed by atoms with Crippen molar-refractivity contribution in [3.63, 3.8) is 0 Å². The molecule has 0 bridgehead atoms. The molecule has 0 radical (unpaired) electrons. The van der Waals surface area contributed by atoms with Gasteiger partial charge in [0.15, 0.2) is 6.73 Å². The van der Waals surface area contributed by atoms with E-state index in [9.17, 15) is 4.79 Å². The van der Waals surface area contributed by atoms with Crippen LogP contribution in [0.15, 0.2) is 60.9 Å². The van der Waals surface area contributed by atoms with E-state index in [1.807, 2.05) is 37.3 Å². The molecule has 0 saturated carbocycles. The number of hydrogen-bond donors (Lipinski definition) is 1. The number of ether oxygens (including phenoxy) is 1. The highest BCUT2D eigenvalue weighted by atomic mass is 35.5. The summed E-state index contributed by atoms with van der Waals surface area (Å²) in [5.74, 6) is 0.493. The van der Waals surface area contributed by atoms with Gasteiger partial charge in [-0.2, -0.15) is 5.10 Å². The van der Waals surface area contributed by atoms with Crippen molar-refractivity contribution in [3.05, 3.63) is 77.1 Å². The lowest BCUT2D eigenvalue weighted by Crippen LogP contribution is -2.12. The van der Waals surface area contributed by atoms with Gasteiger partial charge in [0.05, 0.1) is 18.1 Å². The van der Waals surface area contributed by atoms with E-state index in [1.165, 1.54) is 0 Å². The minimum Gasteiger partial charge on any atom is -0.471 e. The third kappa shape index (κ3) is 3.94. The summed E-state index contributed by atoms with van der Waals surface area (Å²) in [6.45, 7) is 2.12. The number of carbonyl (C=O) groups excluding carboxylic acids is 1. The van der Waals surface area contributed by atoms with Crippen molar-refractivity contribution >= 4 is 23.2 Å². The number of hydrogen-bond acceptors (Lipinski definition) is 3. The van der Waals surface area contributed by atoms with Crippen molar-refractivity contribution in [1.82, 2.24) is 9.78 Å². The van der Waals surface area contributed by atoms with Crippen LogP contribution in [0.3, 0.4) is 0 Å². The first-order chi connectivity index (χ1) is 11.6. The van der Waals surface area contributed by atoms with E-state index >= 15 is 0 Å². The number of anilines is 1. The molecule has 122 valence electrons. The third-order valence-corrected chi connectivity index (χ3v) is 3.68. The minimum absolute atomic E-state index is 0.164. The summed E-state index contributed by atoms with van der Waals surface area (Å²) in [4.78, 5) is 12.3. The van der Waals surface area contributed by atoms with E-state index in [1.54, 1.807) is 35.3 Å². The largest absolute Gasteiger partial charge is 0.471 e. The topological polar surface area (TPSA) is 56.2 Å². The molecule has 0 atom stereocenters.